The molecule has 0 saturated carbocycles. The first-order valence-corrected chi connectivity index (χ1v) is 7.18. The van der Waals surface area contributed by atoms with E-state index in [-0.39, 0.29) is 6.04 Å². The fourth-order valence-electron chi connectivity index (χ4n) is 1.84. The second kappa shape index (κ2) is 7.83. The molecule has 1 N–H and O–H groups in total. The van der Waals surface area contributed by atoms with Gasteiger partial charge in [0.15, 0.2) is 0 Å². The smallest absolute Gasteiger partial charge is 0.0424 e. The molecule has 0 radical (unpaired) electrons. The Kier molecular flexibility index (Phi) is 6.77. The van der Waals surface area contributed by atoms with Gasteiger partial charge in [0, 0.05) is 16.1 Å². The van der Waals surface area contributed by atoms with Gasteiger partial charge in [-0.15, -0.1) is 0 Å². The number of hydrogen-bond donors (Lipinski definition) is 1. The van der Waals surface area contributed by atoms with Gasteiger partial charge in [-0.3, -0.25) is 0 Å². The summed E-state index contributed by atoms with van der Waals surface area (Å²) in [6.07, 6.45) is 3.02. The predicted octanol–water partition coefficient (Wildman–Crippen LogP) is 5.39. The van der Waals surface area contributed by atoms with Crippen molar-refractivity contribution >= 4 is 23.2 Å². The number of hydrogen-bond acceptors (Lipinski definition) is 1. The quantitative estimate of drug-likeness (QED) is 0.662. The van der Waals surface area contributed by atoms with Crippen molar-refractivity contribution in [2.24, 2.45) is 0 Å². The topological polar surface area (TPSA) is 12.0 Å². The Morgan fingerprint density at radius 1 is 1.22 bits per heavy atom. The van der Waals surface area contributed by atoms with Gasteiger partial charge in [0.2, 0.25) is 0 Å². The van der Waals surface area contributed by atoms with Gasteiger partial charge in [-0.2, -0.15) is 0 Å². The third-order valence-corrected chi connectivity index (χ3v) is 3.36. The predicted molar refractivity (Wildman–Crippen MR) is 81.5 cm³/mol. The molecule has 0 bridgehead atoms. The molecule has 0 aromatic heterocycles. The summed E-state index contributed by atoms with van der Waals surface area (Å²) in [6, 6.07) is 5.96. The summed E-state index contributed by atoms with van der Waals surface area (Å²) in [5.74, 6) is 0. The molecule has 0 spiro atoms. The maximum absolute atomic E-state index is 6.06. The van der Waals surface area contributed by atoms with Crippen molar-refractivity contribution in [2.45, 2.75) is 39.2 Å². The maximum Gasteiger partial charge on any atom is 0.0424 e. The standard InChI is InChI=1S/C15H21Cl2N/c1-4-6-18-15(7-11(3)5-2)12-8-13(16)10-14(17)9-12/h8-10,15,18H,3-7H2,1-2H3. The molecule has 0 aliphatic carbocycles. The molecule has 0 amide bonds. The van der Waals surface area contributed by atoms with Crippen LogP contribution in [0.15, 0.2) is 30.4 Å². The van der Waals surface area contributed by atoms with Crippen molar-refractivity contribution < 1.29 is 0 Å². The lowest BCUT2D eigenvalue weighted by Crippen LogP contribution is -2.22. The molecular weight excluding hydrogens is 265 g/mol. The molecule has 1 atom stereocenters. The molecule has 18 heavy (non-hydrogen) atoms. The molecule has 0 fully saturated rings. The number of halogens is 2. The van der Waals surface area contributed by atoms with Crippen LogP contribution in [0.3, 0.4) is 0 Å². The summed E-state index contributed by atoms with van der Waals surface area (Å²) < 4.78 is 0. The van der Waals surface area contributed by atoms with Crippen LogP contribution in [-0.2, 0) is 0 Å². The molecule has 1 rings (SSSR count). The second-order valence-corrected chi connectivity index (χ2v) is 5.39. The van der Waals surface area contributed by atoms with Crippen molar-refractivity contribution in [3.8, 4) is 0 Å². The van der Waals surface area contributed by atoms with E-state index in [0.29, 0.717) is 10.0 Å². The Labute approximate surface area is 120 Å². The van der Waals surface area contributed by atoms with Crippen LogP contribution in [0.25, 0.3) is 0 Å². The minimum atomic E-state index is 0.244. The molecule has 0 heterocycles. The summed E-state index contributed by atoms with van der Waals surface area (Å²) in [4.78, 5) is 0. The Morgan fingerprint density at radius 3 is 2.33 bits per heavy atom. The van der Waals surface area contributed by atoms with Gasteiger partial charge in [0.25, 0.3) is 0 Å². The van der Waals surface area contributed by atoms with E-state index in [4.69, 9.17) is 23.2 Å². The summed E-state index contributed by atoms with van der Waals surface area (Å²) in [5.41, 5.74) is 2.37. The Hall–Kier alpha value is -0.500. The van der Waals surface area contributed by atoms with Crippen LogP contribution in [0.5, 0.6) is 0 Å². The van der Waals surface area contributed by atoms with Crippen LogP contribution in [0.2, 0.25) is 10.0 Å². The minimum absolute atomic E-state index is 0.244. The normalized spacial score (nSPS) is 12.4. The van der Waals surface area contributed by atoms with E-state index in [2.05, 4.69) is 25.7 Å². The largest absolute Gasteiger partial charge is 0.310 e. The number of benzene rings is 1. The molecule has 1 aromatic rings. The van der Waals surface area contributed by atoms with Gasteiger partial charge >= 0.3 is 0 Å². The zero-order chi connectivity index (χ0) is 13.5. The van der Waals surface area contributed by atoms with E-state index in [9.17, 15) is 0 Å². The van der Waals surface area contributed by atoms with Gasteiger partial charge in [0.05, 0.1) is 0 Å². The zero-order valence-electron chi connectivity index (χ0n) is 11.1. The van der Waals surface area contributed by atoms with Gasteiger partial charge in [-0.05, 0) is 49.6 Å². The van der Waals surface area contributed by atoms with Gasteiger partial charge in [-0.25, -0.2) is 0 Å². The van der Waals surface area contributed by atoms with Crippen LogP contribution in [0, 0.1) is 0 Å². The van der Waals surface area contributed by atoms with Gasteiger partial charge < -0.3 is 5.32 Å². The number of rotatable bonds is 7. The highest BCUT2D eigenvalue weighted by Crippen LogP contribution is 2.27. The van der Waals surface area contributed by atoms with E-state index in [1.807, 2.05) is 12.1 Å². The van der Waals surface area contributed by atoms with E-state index in [1.165, 1.54) is 5.57 Å². The highest BCUT2D eigenvalue weighted by molar-refractivity contribution is 6.34. The lowest BCUT2D eigenvalue weighted by atomic mass is 9.98. The van der Waals surface area contributed by atoms with E-state index in [1.54, 1.807) is 6.07 Å². The molecule has 100 valence electrons. The van der Waals surface area contributed by atoms with Crippen molar-refractivity contribution in [3.63, 3.8) is 0 Å². The van der Waals surface area contributed by atoms with Crippen LogP contribution < -0.4 is 5.32 Å². The highest BCUT2D eigenvalue weighted by Gasteiger charge is 2.13. The average molecular weight is 286 g/mol. The van der Waals surface area contributed by atoms with Crippen molar-refractivity contribution in [1.29, 1.82) is 0 Å². The molecule has 0 saturated heterocycles. The fourth-order valence-corrected chi connectivity index (χ4v) is 2.38. The van der Waals surface area contributed by atoms with Crippen LogP contribution in [0.4, 0.5) is 0 Å². The van der Waals surface area contributed by atoms with E-state index in [0.717, 1.165) is 31.4 Å². The Morgan fingerprint density at radius 2 is 1.83 bits per heavy atom. The van der Waals surface area contributed by atoms with Crippen LogP contribution in [0.1, 0.15) is 44.7 Å². The maximum atomic E-state index is 6.06. The lowest BCUT2D eigenvalue weighted by molar-refractivity contribution is 0.523. The highest BCUT2D eigenvalue weighted by atomic mass is 35.5. The van der Waals surface area contributed by atoms with Crippen LogP contribution in [-0.4, -0.2) is 6.54 Å². The minimum Gasteiger partial charge on any atom is -0.310 e. The van der Waals surface area contributed by atoms with E-state index >= 15 is 0 Å². The summed E-state index contributed by atoms with van der Waals surface area (Å²) in [7, 11) is 0. The summed E-state index contributed by atoms with van der Waals surface area (Å²) >= 11 is 12.1. The molecular formula is C15H21Cl2N. The first kappa shape index (κ1) is 15.6. The molecule has 0 aliphatic rings. The van der Waals surface area contributed by atoms with Crippen LogP contribution >= 0.6 is 23.2 Å². The SMILES string of the molecule is C=C(CC)CC(NCCC)c1cc(Cl)cc(Cl)c1. The Balaban J connectivity index is 2.89. The van der Waals surface area contributed by atoms with Crippen molar-refractivity contribution in [3.05, 3.63) is 46.0 Å². The fraction of sp³-hybridized carbons (Fsp3) is 0.467. The van der Waals surface area contributed by atoms with E-state index < -0.39 is 0 Å². The first-order valence-electron chi connectivity index (χ1n) is 6.42. The lowest BCUT2D eigenvalue weighted by Gasteiger charge is -2.20. The third kappa shape index (κ3) is 5.01. The first-order chi connectivity index (χ1) is 8.56. The molecule has 1 unspecified atom stereocenters. The van der Waals surface area contributed by atoms with Gasteiger partial charge in [-0.1, -0.05) is 49.2 Å². The molecule has 0 aliphatic heterocycles. The second-order valence-electron chi connectivity index (χ2n) is 4.52. The van der Waals surface area contributed by atoms with Crippen molar-refractivity contribution in [1.82, 2.24) is 5.32 Å². The summed E-state index contributed by atoms with van der Waals surface area (Å²) in [6.45, 7) is 9.35. The molecule has 1 nitrogen and oxygen atoms in total. The zero-order valence-corrected chi connectivity index (χ0v) is 12.6. The number of nitrogens with one attached hydrogen (secondary N) is 1. The van der Waals surface area contributed by atoms with Crippen molar-refractivity contribution in [2.75, 3.05) is 6.54 Å². The third-order valence-electron chi connectivity index (χ3n) is 2.92. The molecule has 1 aromatic carbocycles. The summed E-state index contributed by atoms with van der Waals surface area (Å²) in [5, 5.41) is 4.89. The monoisotopic (exact) mass is 285 g/mol. The Bertz CT molecular complexity index is 381. The average Bonchev–Trinajstić information content (AvgIpc) is 2.32. The van der Waals surface area contributed by atoms with Gasteiger partial charge in [0.1, 0.15) is 0 Å². The molecule has 3 heteroatoms.